The molecule has 2 fully saturated rings. The van der Waals surface area contributed by atoms with Gasteiger partial charge in [0.2, 0.25) is 11.9 Å². The first-order chi connectivity index (χ1) is 17.8. The van der Waals surface area contributed by atoms with Crippen molar-refractivity contribution in [3.8, 4) is 0 Å². The molecule has 37 heavy (non-hydrogen) atoms. The molecule has 200 valence electrons. The minimum Gasteiger partial charge on any atom is -0.481 e. The fraction of sp³-hybridized carbons (Fsp3) is 0.500. The Morgan fingerprint density at radius 2 is 2.00 bits per heavy atom. The lowest BCUT2D eigenvalue weighted by atomic mass is 9.96. The number of nitrogen functional groups attached to an aromatic ring is 1. The molecule has 0 aliphatic carbocycles. The van der Waals surface area contributed by atoms with E-state index in [1.54, 1.807) is 4.68 Å². The SMILES string of the molecule is CC(=O)O.Nc1nc(N2CCC(N3C[C@H](Cn4cc(F)cn4)OC[C@@H]3Cc3ccc(Cl)cc3)CC2)n[nH]1. The first-order valence-corrected chi connectivity index (χ1v) is 12.6. The molecule has 1 aromatic carbocycles. The Labute approximate surface area is 219 Å². The van der Waals surface area contributed by atoms with Crippen LogP contribution in [-0.4, -0.2) is 85.4 Å². The van der Waals surface area contributed by atoms with Crippen molar-refractivity contribution < 1.29 is 19.0 Å². The predicted octanol–water partition coefficient (Wildman–Crippen LogP) is 2.45. The fourth-order valence-electron chi connectivity index (χ4n) is 4.86. The second-order valence-electron chi connectivity index (χ2n) is 9.28. The lowest BCUT2D eigenvalue weighted by molar-refractivity contribution is -0.134. The predicted molar refractivity (Wildman–Crippen MR) is 137 cm³/mol. The number of carboxylic acid groups (broad SMARTS) is 1. The van der Waals surface area contributed by atoms with E-state index in [1.165, 1.54) is 18.0 Å². The second kappa shape index (κ2) is 12.3. The largest absolute Gasteiger partial charge is 0.481 e. The number of aliphatic carboxylic acids is 1. The summed E-state index contributed by atoms with van der Waals surface area (Å²) in [5.41, 5.74) is 6.93. The number of rotatable bonds is 6. The Balaban J connectivity index is 0.000000747. The molecule has 2 aliphatic heterocycles. The highest BCUT2D eigenvalue weighted by Crippen LogP contribution is 2.27. The van der Waals surface area contributed by atoms with Gasteiger partial charge >= 0.3 is 0 Å². The van der Waals surface area contributed by atoms with Gasteiger partial charge in [0.25, 0.3) is 5.97 Å². The summed E-state index contributed by atoms with van der Waals surface area (Å²) in [6.45, 7) is 4.74. The van der Waals surface area contributed by atoms with Crippen molar-refractivity contribution in [1.82, 2.24) is 29.9 Å². The highest BCUT2D eigenvalue weighted by atomic mass is 35.5. The zero-order valence-corrected chi connectivity index (χ0v) is 21.4. The van der Waals surface area contributed by atoms with Gasteiger partial charge in [-0.1, -0.05) is 23.7 Å². The van der Waals surface area contributed by atoms with Crippen LogP contribution >= 0.6 is 11.6 Å². The molecule has 5 rings (SSSR count). The van der Waals surface area contributed by atoms with E-state index in [2.05, 4.69) is 42.2 Å². The molecular weight excluding hydrogens is 503 g/mol. The summed E-state index contributed by atoms with van der Waals surface area (Å²) >= 11 is 6.07. The number of carbonyl (C=O) groups is 1. The lowest BCUT2D eigenvalue weighted by Gasteiger charge is -2.46. The third-order valence-electron chi connectivity index (χ3n) is 6.49. The van der Waals surface area contributed by atoms with Gasteiger partial charge in [-0.05, 0) is 37.0 Å². The van der Waals surface area contributed by atoms with E-state index >= 15 is 0 Å². The van der Waals surface area contributed by atoms with E-state index in [4.69, 9.17) is 32.0 Å². The number of nitrogens with zero attached hydrogens (tertiary/aromatic N) is 6. The maximum absolute atomic E-state index is 13.4. The quantitative estimate of drug-likeness (QED) is 0.435. The molecule has 0 unspecified atom stereocenters. The summed E-state index contributed by atoms with van der Waals surface area (Å²) < 4.78 is 21.2. The van der Waals surface area contributed by atoms with Gasteiger partial charge in [-0.2, -0.15) is 10.1 Å². The van der Waals surface area contributed by atoms with Crippen LogP contribution in [0.3, 0.4) is 0 Å². The number of anilines is 2. The molecular formula is C24H32ClFN8O3. The summed E-state index contributed by atoms with van der Waals surface area (Å²) in [6.07, 6.45) is 5.47. The Morgan fingerprint density at radius 3 is 2.59 bits per heavy atom. The van der Waals surface area contributed by atoms with Crippen LogP contribution in [0.25, 0.3) is 0 Å². The normalized spacial score (nSPS) is 20.9. The Morgan fingerprint density at radius 1 is 1.30 bits per heavy atom. The number of H-pyrrole nitrogens is 1. The molecule has 2 saturated heterocycles. The monoisotopic (exact) mass is 534 g/mol. The molecule has 11 nitrogen and oxygen atoms in total. The topological polar surface area (TPSA) is 138 Å². The minimum atomic E-state index is -0.833. The number of piperidine rings is 1. The van der Waals surface area contributed by atoms with Crippen LogP contribution in [0.5, 0.6) is 0 Å². The highest BCUT2D eigenvalue weighted by molar-refractivity contribution is 6.30. The molecule has 2 aromatic heterocycles. The van der Waals surface area contributed by atoms with Crippen LogP contribution in [0.4, 0.5) is 16.3 Å². The van der Waals surface area contributed by atoms with Crippen LogP contribution in [-0.2, 0) is 22.5 Å². The Bertz CT molecular complexity index is 1150. The van der Waals surface area contributed by atoms with E-state index in [0.29, 0.717) is 31.1 Å². The minimum absolute atomic E-state index is 0.0448. The summed E-state index contributed by atoms with van der Waals surface area (Å²) in [4.78, 5) is 18.0. The number of morpholine rings is 1. The van der Waals surface area contributed by atoms with Gasteiger partial charge in [-0.3, -0.25) is 14.4 Å². The first-order valence-electron chi connectivity index (χ1n) is 12.2. The van der Waals surface area contributed by atoms with Gasteiger partial charge in [0.15, 0.2) is 5.82 Å². The zero-order chi connectivity index (χ0) is 26.4. The Kier molecular flexibility index (Phi) is 8.95. The molecule has 13 heteroatoms. The van der Waals surface area contributed by atoms with Gasteiger partial charge in [0, 0.05) is 43.7 Å². The van der Waals surface area contributed by atoms with Crippen molar-refractivity contribution in [3.05, 3.63) is 53.1 Å². The maximum atomic E-state index is 13.4. The van der Waals surface area contributed by atoms with Crippen molar-refractivity contribution in [2.45, 2.75) is 50.9 Å². The molecule has 4 N–H and O–H groups in total. The third kappa shape index (κ3) is 7.63. The average Bonchev–Trinajstić information content (AvgIpc) is 3.49. The van der Waals surface area contributed by atoms with Crippen molar-refractivity contribution in [3.63, 3.8) is 0 Å². The number of nitrogens with one attached hydrogen (secondary N) is 1. The number of nitrogens with two attached hydrogens (primary N) is 1. The van der Waals surface area contributed by atoms with Crippen LogP contribution in [0.2, 0.25) is 5.02 Å². The summed E-state index contributed by atoms with van der Waals surface area (Å²) in [5, 5.41) is 19.1. The van der Waals surface area contributed by atoms with E-state index in [1.807, 2.05) is 12.1 Å². The first kappa shape index (κ1) is 26.8. The molecule has 0 saturated carbocycles. The number of halogens is 2. The molecule has 2 aliphatic rings. The van der Waals surface area contributed by atoms with Gasteiger partial charge in [0.05, 0.1) is 31.6 Å². The second-order valence-corrected chi connectivity index (χ2v) is 9.71. The molecule has 4 heterocycles. The van der Waals surface area contributed by atoms with Crippen LogP contribution in [0, 0.1) is 5.82 Å². The smallest absolute Gasteiger partial charge is 0.300 e. The summed E-state index contributed by atoms with van der Waals surface area (Å²) in [6, 6.07) is 8.69. The third-order valence-corrected chi connectivity index (χ3v) is 6.74. The number of carboxylic acids is 1. The average molecular weight is 535 g/mol. The van der Waals surface area contributed by atoms with Crippen LogP contribution in [0.15, 0.2) is 36.7 Å². The molecule has 0 amide bonds. The molecule has 0 bridgehead atoms. The number of aromatic amines is 1. The number of ether oxygens (including phenoxy) is 1. The maximum Gasteiger partial charge on any atom is 0.300 e. The number of hydrogen-bond donors (Lipinski definition) is 3. The molecule has 0 radical (unpaired) electrons. The van der Waals surface area contributed by atoms with Crippen molar-refractivity contribution in [2.24, 2.45) is 0 Å². The van der Waals surface area contributed by atoms with E-state index < -0.39 is 5.97 Å². The summed E-state index contributed by atoms with van der Waals surface area (Å²) in [7, 11) is 0. The Hall–Kier alpha value is -3.22. The van der Waals surface area contributed by atoms with Gasteiger partial charge in [0.1, 0.15) is 0 Å². The number of hydrogen-bond acceptors (Lipinski definition) is 8. The van der Waals surface area contributed by atoms with E-state index in [0.717, 1.165) is 50.8 Å². The van der Waals surface area contributed by atoms with Crippen molar-refractivity contribution in [1.29, 1.82) is 0 Å². The van der Waals surface area contributed by atoms with Crippen LogP contribution < -0.4 is 10.6 Å². The highest BCUT2D eigenvalue weighted by Gasteiger charge is 2.36. The molecule has 3 aromatic rings. The van der Waals surface area contributed by atoms with Crippen molar-refractivity contribution in [2.75, 3.05) is 36.9 Å². The van der Waals surface area contributed by atoms with Crippen molar-refractivity contribution >= 4 is 29.5 Å². The van der Waals surface area contributed by atoms with E-state index in [-0.39, 0.29) is 18.0 Å². The van der Waals surface area contributed by atoms with Gasteiger partial charge in [-0.25, -0.2) is 9.49 Å². The standard InChI is InChI=1S/C22H28ClFN8O.C2H4O2/c23-16-3-1-15(2-4-16)9-19-14-33-20(12-31-11-17(24)10-26-31)13-32(19)18-5-7-30(8-6-18)22-27-21(25)28-29-22;1-2(3)4/h1-4,10-11,18-20H,5-9,12-14H2,(H3,25,27,28,29);1H3,(H,3,4)/t19-,20-;/m0./s1. The van der Waals surface area contributed by atoms with Gasteiger partial charge in [-0.15, -0.1) is 5.10 Å². The van der Waals surface area contributed by atoms with E-state index in [9.17, 15) is 4.39 Å². The fourth-order valence-corrected chi connectivity index (χ4v) is 4.98. The molecule has 0 spiro atoms. The number of aromatic nitrogens is 5. The van der Waals surface area contributed by atoms with Crippen LogP contribution in [0.1, 0.15) is 25.3 Å². The lowest BCUT2D eigenvalue weighted by Crippen LogP contribution is -2.57. The van der Waals surface area contributed by atoms with Gasteiger partial charge < -0.3 is 20.5 Å². The summed E-state index contributed by atoms with van der Waals surface area (Å²) in [5.74, 6) is -0.172. The zero-order valence-electron chi connectivity index (χ0n) is 20.6. The molecule has 2 atom stereocenters. The number of benzene rings is 1.